The number of aromatic hydroxyl groups is 1. The van der Waals surface area contributed by atoms with Gasteiger partial charge in [-0.3, -0.25) is 4.79 Å². The molecule has 0 saturated carbocycles. The summed E-state index contributed by atoms with van der Waals surface area (Å²) in [6, 6.07) is 9.61. The van der Waals surface area contributed by atoms with Crippen LogP contribution in [0.25, 0.3) is 12.2 Å². The number of allylic oxidation sites excluding steroid dienone is 3. The lowest BCUT2D eigenvalue weighted by atomic mass is 10.1. The van der Waals surface area contributed by atoms with Crippen molar-refractivity contribution in [2.75, 3.05) is 27.9 Å². The normalized spacial score (nSPS) is 11.5. The van der Waals surface area contributed by atoms with Crippen LogP contribution >= 0.6 is 0 Å². The van der Waals surface area contributed by atoms with E-state index in [1.54, 1.807) is 36.4 Å². The third-order valence-corrected chi connectivity index (χ3v) is 4.14. The Morgan fingerprint density at radius 1 is 0.875 bits per heavy atom. The van der Waals surface area contributed by atoms with Crippen molar-refractivity contribution in [3.8, 4) is 23.0 Å². The number of hydrogen-bond donors (Lipinski definition) is 2. The van der Waals surface area contributed by atoms with Crippen LogP contribution in [0.2, 0.25) is 0 Å². The average molecular weight is 440 g/mol. The van der Waals surface area contributed by atoms with Gasteiger partial charge in [0.05, 0.1) is 21.3 Å². The first-order valence-corrected chi connectivity index (χ1v) is 9.41. The molecule has 0 amide bonds. The molecule has 0 aliphatic rings. The first-order chi connectivity index (χ1) is 15.4. The van der Waals surface area contributed by atoms with E-state index in [-0.39, 0.29) is 23.9 Å². The van der Waals surface area contributed by atoms with Gasteiger partial charge in [-0.2, -0.15) is 0 Å². The molecule has 0 radical (unpaired) electrons. The van der Waals surface area contributed by atoms with Crippen LogP contribution in [0.1, 0.15) is 11.1 Å². The second kappa shape index (κ2) is 11.8. The number of ketones is 1. The predicted octanol–water partition coefficient (Wildman–Crippen LogP) is 3.70. The van der Waals surface area contributed by atoms with Crippen LogP contribution in [-0.2, 0) is 14.3 Å². The Hall–Kier alpha value is -4.20. The number of phenolic OH excluding ortho intramolecular Hbond substituents is 1. The average Bonchev–Trinajstić information content (AvgIpc) is 2.80. The second-order valence-electron chi connectivity index (χ2n) is 6.34. The number of phenols is 1. The lowest BCUT2D eigenvalue weighted by Gasteiger charge is -2.10. The molecule has 0 aliphatic heterocycles. The number of carbonyl (C=O) groups excluding carboxylic acids is 2. The van der Waals surface area contributed by atoms with E-state index in [4.69, 9.17) is 14.2 Å². The number of aliphatic hydroxyl groups excluding tert-OH is 1. The molecule has 168 valence electrons. The molecule has 0 aliphatic carbocycles. The third kappa shape index (κ3) is 7.24. The lowest BCUT2D eigenvalue weighted by molar-refractivity contribution is -0.142. The minimum Gasteiger partial charge on any atom is -0.508 e. The van der Waals surface area contributed by atoms with Crippen molar-refractivity contribution in [1.82, 2.24) is 0 Å². The van der Waals surface area contributed by atoms with Gasteiger partial charge in [-0.1, -0.05) is 24.3 Å². The van der Waals surface area contributed by atoms with E-state index < -0.39 is 11.8 Å². The Morgan fingerprint density at radius 3 is 2.16 bits per heavy atom. The van der Waals surface area contributed by atoms with E-state index in [9.17, 15) is 19.8 Å². The summed E-state index contributed by atoms with van der Waals surface area (Å²) in [7, 11) is 4.15. The minimum absolute atomic E-state index is 0.00153. The van der Waals surface area contributed by atoms with Gasteiger partial charge in [-0.25, -0.2) is 4.79 Å². The molecule has 8 nitrogen and oxygen atoms in total. The van der Waals surface area contributed by atoms with Crippen LogP contribution in [0.4, 0.5) is 0 Å². The minimum atomic E-state index is -0.519. The van der Waals surface area contributed by atoms with E-state index >= 15 is 0 Å². The molecule has 0 atom stereocenters. The van der Waals surface area contributed by atoms with Crippen molar-refractivity contribution in [1.29, 1.82) is 0 Å². The van der Waals surface area contributed by atoms with Gasteiger partial charge in [0, 0.05) is 6.08 Å². The maximum absolute atomic E-state index is 12.0. The smallest absolute Gasteiger partial charge is 0.343 e. The highest BCUT2D eigenvalue weighted by atomic mass is 16.6. The summed E-state index contributed by atoms with van der Waals surface area (Å²) in [5.41, 5.74) is 1.32. The van der Waals surface area contributed by atoms with Crippen LogP contribution in [0.15, 0.2) is 60.4 Å². The molecule has 2 N–H and O–H groups in total. The summed E-state index contributed by atoms with van der Waals surface area (Å²) in [5, 5.41) is 19.6. The fraction of sp³-hybridized carbons (Fsp3) is 0.167. The number of rotatable bonds is 10. The zero-order chi connectivity index (χ0) is 23.5. The monoisotopic (exact) mass is 440 g/mol. The quantitative estimate of drug-likeness (QED) is 0.249. The largest absolute Gasteiger partial charge is 0.508 e. The molecule has 0 bridgehead atoms. The van der Waals surface area contributed by atoms with Gasteiger partial charge in [0.15, 0.2) is 35.4 Å². The standard InChI is InChI=1S/C24H24O8/c1-29-22-12-16(6-10-20(22)27)4-8-18(25)14-19(26)9-5-17-7-11-21(23(13-17)30-2)32-15-24(28)31-3/h4-14,26-27H,15H2,1-3H3/b8-4+,9-5+,19-14?. The molecule has 2 aromatic carbocycles. The fourth-order valence-corrected chi connectivity index (χ4v) is 2.50. The van der Waals surface area contributed by atoms with Gasteiger partial charge in [0.2, 0.25) is 0 Å². The van der Waals surface area contributed by atoms with Crippen molar-refractivity contribution in [2.24, 2.45) is 0 Å². The molecular weight excluding hydrogens is 416 g/mol. The van der Waals surface area contributed by atoms with Crippen LogP contribution in [0, 0.1) is 0 Å². The van der Waals surface area contributed by atoms with Gasteiger partial charge in [-0.05, 0) is 47.5 Å². The summed E-state index contributed by atoms with van der Waals surface area (Å²) in [5.74, 6) is -0.147. The van der Waals surface area contributed by atoms with E-state index in [1.807, 2.05) is 0 Å². The summed E-state index contributed by atoms with van der Waals surface area (Å²) < 4.78 is 20.1. The number of aliphatic hydroxyl groups is 1. The molecule has 32 heavy (non-hydrogen) atoms. The first kappa shape index (κ1) is 24.1. The van der Waals surface area contributed by atoms with Gasteiger partial charge in [-0.15, -0.1) is 0 Å². The zero-order valence-corrected chi connectivity index (χ0v) is 17.9. The highest BCUT2D eigenvalue weighted by molar-refractivity contribution is 6.02. The number of carbonyl (C=O) groups is 2. The number of esters is 1. The third-order valence-electron chi connectivity index (χ3n) is 4.14. The lowest BCUT2D eigenvalue weighted by Crippen LogP contribution is -2.12. The Morgan fingerprint density at radius 2 is 1.50 bits per heavy atom. The SMILES string of the molecule is COC(=O)COc1ccc(/C=C/C(O)=CC(=O)/C=C/c2ccc(O)c(OC)c2)cc1OC. The maximum atomic E-state index is 12.0. The van der Waals surface area contributed by atoms with Gasteiger partial charge >= 0.3 is 5.97 Å². The number of ether oxygens (including phenoxy) is 4. The maximum Gasteiger partial charge on any atom is 0.343 e. The second-order valence-corrected chi connectivity index (χ2v) is 6.34. The first-order valence-electron chi connectivity index (χ1n) is 9.41. The van der Waals surface area contributed by atoms with Crippen molar-refractivity contribution in [2.45, 2.75) is 0 Å². The number of methoxy groups -OCH3 is 3. The van der Waals surface area contributed by atoms with Crippen LogP contribution in [0.5, 0.6) is 23.0 Å². The Kier molecular flexibility index (Phi) is 8.91. The molecule has 2 rings (SSSR count). The summed E-state index contributed by atoms with van der Waals surface area (Å²) >= 11 is 0. The predicted molar refractivity (Wildman–Crippen MR) is 119 cm³/mol. The molecule has 2 aromatic rings. The molecule has 0 unspecified atom stereocenters. The van der Waals surface area contributed by atoms with Gasteiger partial charge in [0.1, 0.15) is 5.76 Å². The van der Waals surface area contributed by atoms with Crippen molar-refractivity contribution in [3.05, 3.63) is 71.5 Å². The summed E-state index contributed by atoms with van der Waals surface area (Å²) in [6.07, 6.45) is 6.83. The number of hydrogen-bond acceptors (Lipinski definition) is 8. The van der Waals surface area contributed by atoms with Crippen LogP contribution < -0.4 is 14.2 Å². The highest BCUT2D eigenvalue weighted by Gasteiger charge is 2.08. The van der Waals surface area contributed by atoms with E-state index in [0.717, 1.165) is 6.08 Å². The number of benzene rings is 2. The Bertz CT molecular complexity index is 1050. The Labute approximate surface area is 185 Å². The van der Waals surface area contributed by atoms with Crippen molar-refractivity contribution in [3.63, 3.8) is 0 Å². The van der Waals surface area contributed by atoms with Crippen molar-refractivity contribution >= 4 is 23.9 Å². The molecular formula is C24H24O8. The van der Waals surface area contributed by atoms with Crippen LogP contribution in [-0.4, -0.2) is 49.9 Å². The molecule has 0 saturated heterocycles. The van der Waals surface area contributed by atoms with Gasteiger partial charge in [0.25, 0.3) is 0 Å². The fourth-order valence-electron chi connectivity index (χ4n) is 2.50. The molecule has 0 heterocycles. The molecule has 0 fully saturated rings. The highest BCUT2D eigenvalue weighted by Crippen LogP contribution is 2.29. The molecule has 8 heteroatoms. The van der Waals surface area contributed by atoms with E-state index in [1.165, 1.54) is 45.6 Å². The summed E-state index contributed by atoms with van der Waals surface area (Å²) in [4.78, 5) is 23.2. The van der Waals surface area contributed by atoms with E-state index in [2.05, 4.69) is 4.74 Å². The van der Waals surface area contributed by atoms with Crippen LogP contribution in [0.3, 0.4) is 0 Å². The van der Waals surface area contributed by atoms with E-state index in [0.29, 0.717) is 22.6 Å². The van der Waals surface area contributed by atoms with Gasteiger partial charge < -0.3 is 29.2 Å². The summed E-state index contributed by atoms with van der Waals surface area (Å²) in [6.45, 7) is -0.252. The Balaban J connectivity index is 2.04. The molecule has 0 aromatic heterocycles. The zero-order valence-electron chi connectivity index (χ0n) is 17.9. The van der Waals surface area contributed by atoms with Crippen molar-refractivity contribution < 1.29 is 38.7 Å². The topological polar surface area (TPSA) is 112 Å². The molecule has 0 spiro atoms.